The molecule has 0 saturated carbocycles. The number of methoxy groups -OCH3 is 1. The van der Waals surface area contributed by atoms with E-state index in [-0.39, 0.29) is 5.60 Å². The van der Waals surface area contributed by atoms with Crippen molar-refractivity contribution in [2.45, 2.75) is 59.5 Å². The molecule has 0 aromatic heterocycles. The summed E-state index contributed by atoms with van der Waals surface area (Å²) in [5, 5.41) is 0.933. The predicted octanol–water partition coefficient (Wildman–Crippen LogP) is 5.75. The molecule has 0 bridgehead atoms. The van der Waals surface area contributed by atoms with E-state index >= 15 is 0 Å². The molecule has 2 heteroatoms. The van der Waals surface area contributed by atoms with Gasteiger partial charge in [0.25, 0.3) is 0 Å². The van der Waals surface area contributed by atoms with Crippen LogP contribution in [0.2, 0.25) is 0 Å². The largest absolute Gasteiger partial charge is 0.379 e. The van der Waals surface area contributed by atoms with Gasteiger partial charge in [-0.25, -0.2) is 0 Å². The fourth-order valence-electron chi connectivity index (χ4n) is 1.88. The number of rotatable bonds is 9. The summed E-state index contributed by atoms with van der Waals surface area (Å²) in [7, 11) is 1.81. The van der Waals surface area contributed by atoms with Crippen molar-refractivity contribution in [3.63, 3.8) is 0 Å². The Balaban J connectivity index is 4.00. The summed E-state index contributed by atoms with van der Waals surface area (Å²) in [5.41, 5.74) is 1.32. The summed E-state index contributed by atoms with van der Waals surface area (Å²) in [6.45, 7) is 11.1. The Hall–Kier alpha value is -0.0800. The van der Waals surface area contributed by atoms with Gasteiger partial charge < -0.3 is 4.74 Å². The third-order valence-corrected chi connectivity index (χ3v) is 4.45. The Kier molecular flexibility index (Phi) is 9.72. The normalized spacial score (nSPS) is 16.9. The summed E-state index contributed by atoms with van der Waals surface area (Å²) in [4.78, 5) is 0. The first-order chi connectivity index (χ1) is 8.83. The van der Waals surface area contributed by atoms with Crippen LogP contribution in [-0.2, 0) is 4.74 Å². The van der Waals surface area contributed by atoms with Crippen LogP contribution in [0.5, 0.6) is 0 Å². The molecule has 0 radical (unpaired) electrons. The minimum absolute atomic E-state index is 0.00917. The first-order valence-corrected chi connectivity index (χ1v) is 8.40. The van der Waals surface area contributed by atoms with Gasteiger partial charge in [-0.2, -0.15) is 0 Å². The van der Waals surface area contributed by atoms with Gasteiger partial charge in [-0.1, -0.05) is 60.0 Å². The fraction of sp³-hybridized carbons (Fsp3) is 0.765. The Morgan fingerprint density at radius 3 is 2.42 bits per heavy atom. The van der Waals surface area contributed by atoms with Gasteiger partial charge >= 0.3 is 0 Å². The number of hydrogen-bond acceptors (Lipinski definition) is 1. The lowest BCUT2D eigenvalue weighted by Gasteiger charge is -2.31. The predicted molar refractivity (Wildman–Crippen MR) is 90.0 cm³/mol. The van der Waals surface area contributed by atoms with Crippen LogP contribution in [0.15, 0.2) is 23.8 Å². The van der Waals surface area contributed by atoms with Gasteiger partial charge in [0.05, 0.1) is 5.60 Å². The molecule has 0 saturated heterocycles. The Morgan fingerprint density at radius 1 is 1.26 bits per heavy atom. The maximum Gasteiger partial charge on any atom is 0.0648 e. The Bertz CT molecular complexity index is 292. The lowest BCUT2D eigenvalue weighted by Crippen LogP contribution is -2.31. The summed E-state index contributed by atoms with van der Waals surface area (Å²) in [6.07, 6.45) is 10.4. The van der Waals surface area contributed by atoms with Gasteiger partial charge in [0.15, 0.2) is 0 Å². The molecule has 0 aliphatic heterocycles. The second-order valence-corrected chi connectivity index (χ2v) is 6.78. The standard InChI is InChI=1S/C17H31BrO/c1-14(8-7-9-15(2)12-13-18)10-11-16(3)17(4,5)19-6/h7,9,12,14,16H,8,10-11,13H2,1-6H3/b9-7+,15-12+. The third kappa shape index (κ3) is 8.65. The molecular weight excluding hydrogens is 300 g/mol. The number of ether oxygens (including phenoxy) is 1. The number of halogens is 1. The second kappa shape index (κ2) is 9.77. The van der Waals surface area contributed by atoms with E-state index in [1.165, 1.54) is 18.4 Å². The van der Waals surface area contributed by atoms with Crippen molar-refractivity contribution in [2.24, 2.45) is 11.8 Å². The van der Waals surface area contributed by atoms with E-state index in [0.29, 0.717) is 5.92 Å². The van der Waals surface area contributed by atoms with E-state index < -0.39 is 0 Å². The van der Waals surface area contributed by atoms with E-state index in [1.807, 2.05) is 7.11 Å². The molecule has 0 rings (SSSR count). The quantitative estimate of drug-likeness (QED) is 0.386. The van der Waals surface area contributed by atoms with E-state index in [1.54, 1.807) is 0 Å². The molecule has 0 heterocycles. The average Bonchev–Trinajstić information content (AvgIpc) is 2.36. The highest BCUT2D eigenvalue weighted by Crippen LogP contribution is 2.26. The van der Waals surface area contributed by atoms with Crippen molar-refractivity contribution in [3.05, 3.63) is 23.8 Å². The van der Waals surface area contributed by atoms with Crippen LogP contribution in [0.25, 0.3) is 0 Å². The monoisotopic (exact) mass is 330 g/mol. The third-order valence-electron chi connectivity index (χ3n) is 4.12. The van der Waals surface area contributed by atoms with Crippen LogP contribution in [0.3, 0.4) is 0 Å². The minimum Gasteiger partial charge on any atom is -0.379 e. The number of hydrogen-bond donors (Lipinski definition) is 0. The van der Waals surface area contributed by atoms with Crippen LogP contribution in [0.4, 0.5) is 0 Å². The van der Waals surface area contributed by atoms with Crippen molar-refractivity contribution in [3.8, 4) is 0 Å². The first kappa shape index (κ1) is 18.9. The molecule has 0 spiro atoms. The van der Waals surface area contributed by atoms with Crippen LogP contribution in [0.1, 0.15) is 53.9 Å². The second-order valence-electron chi connectivity index (χ2n) is 6.13. The maximum atomic E-state index is 5.55. The SMILES string of the molecule is COC(C)(C)C(C)CCC(C)C/C=C/C(C)=C/CBr. The molecule has 0 aromatic rings. The summed E-state index contributed by atoms with van der Waals surface area (Å²) in [6, 6.07) is 0. The van der Waals surface area contributed by atoms with E-state index in [9.17, 15) is 0 Å². The van der Waals surface area contributed by atoms with Crippen molar-refractivity contribution in [2.75, 3.05) is 12.4 Å². The zero-order valence-electron chi connectivity index (χ0n) is 13.5. The maximum absolute atomic E-state index is 5.55. The topological polar surface area (TPSA) is 9.23 Å². The van der Waals surface area contributed by atoms with E-state index in [0.717, 1.165) is 17.7 Å². The van der Waals surface area contributed by atoms with Crippen LogP contribution < -0.4 is 0 Å². The first-order valence-electron chi connectivity index (χ1n) is 7.27. The fourth-order valence-corrected chi connectivity index (χ4v) is 2.39. The zero-order valence-corrected chi connectivity index (χ0v) is 15.1. The summed E-state index contributed by atoms with van der Waals surface area (Å²) >= 11 is 3.41. The molecule has 0 aliphatic carbocycles. The highest BCUT2D eigenvalue weighted by atomic mass is 79.9. The Labute approximate surface area is 128 Å². The van der Waals surface area contributed by atoms with Gasteiger partial charge in [0, 0.05) is 12.4 Å². The molecule has 19 heavy (non-hydrogen) atoms. The van der Waals surface area contributed by atoms with Crippen molar-refractivity contribution in [1.29, 1.82) is 0 Å². The highest BCUT2D eigenvalue weighted by Gasteiger charge is 2.24. The minimum atomic E-state index is -0.00917. The molecule has 0 amide bonds. The molecule has 2 atom stereocenters. The molecule has 112 valence electrons. The molecule has 0 N–H and O–H groups in total. The van der Waals surface area contributed by atoms with Gasteiger partial charge in [0.2, 0.25) is 0 Å². The van der Waals surface area contributed by atoms with Gasteiger partial charge in [-0.3, -0.25) is 0 Å². The van der Waals surface area contributed by atoms with Gasteiger partial charge in [-0.15, -0.1) is 0 Å². The molecule has 0 aliphatic rings. The number of allylic oxidation sites excluding steroid dienone is 4. The molecular formula is C17H31BrO. The van der Waals surface area contributed by atoms with Crippen LogP contribution in [-0.4, -0.2) is 18.0 Å². The van der Waals surface area contributed by atoms with Gasteiger partial charge in [-0.05, 0) is 45.4 Å². The van der Waals surface area contributed by atoms with Crippen LogP contribution in [0, 0.1) is 11.8 Å². The Morgan fingerprint density at radius 2 is 1.89 bits per heavy atom. The molecule has 2 unspecified atom stereocenters. The van der Waals surface area contributed by atoms with Crippen molar-refractivity contribution < 1.29 is 4.74 Å². The summed E-state index contributed by atoms with van der Waals surface area (Å²) < 4.78 is 5.55. The average molecular weight is 331 g/mol. The molecule has 1 nitrogen and oxygen atoms in total. The van der Waals surface area contributed by atoms with Gasteiger partial charge in [0.1, 0.15) is 0 Å². The summed E-state index contributed by atoms with van der Waals surface area (Å²) in [5.74, 6) is 1.34. The van der Waals surface area contributed by atoms with E-state index in [2.05, 4.69) is 68.8 Å². The zero-order chi connectivity index (χ0) is 14.9. The highest BCUT2D eigenvalue weighted by molar-refractivity contribution is 9.09. The number of alkyl halides is 1. The molecule has 0 fully saturated rings. The van der Waals surface area contributed by atoms with Crippen LogP contribution >= 0.6 is 15.9 Å². The molecule has 0 aromatic carbocycles. The lowest BCUT2D eigenvalue weighted by atomic mass is 9.85. The van der Waals surface area contributed by atoms with E-state index in [4.69, 9.17) is 4.74 Å². The van der Waals surface area contributed by atoms with Crippen molar-refractivity contribution >= 4 is 15.9 Å². The van der Waals surface area contributed by atoms with Crippen molar-refractivity contribution in [1.82, 2.24) is 0 Å². The lowest BCUT2D eigenvalue weighted by molar-refractivity contribution is -0.0259. The smallest absolute Gasteiger partial charge is 0.0648 e.